The minimum absolute atomic E-state index is 0.0242. The summed E-state index contributed by atoms with van der Waals surface area (Å²) >= 11 is 18.0. The van der Waals surface area contributed by atoms with Crippen LogP contribution in [-0.4, -0.2) is 28.9 Å². The van der Waals surface area contributed by atoms with Crippen molar-refractivity contribution in [1.82, 2.24) is 9.97 Å². The maximum atomic E-state index is 13.0. The molecule has 4 rings (SSSR count). The Hall–Kier alpha value is -3.27. The fourth-order valence-corrected chi connectivity index (χ4v) is 4.11. The van der Waals surface area contributed by atoms with Crippen molar-refractivity contribution < 1.29 is 14.3 Å². The first-order valence-corrected chi connectivity index (χ1v) is 10.7. The van der Waals surface area contributed by atoms with Crippen LogP contribution in [-0.2, 0) is 9.59 Å². The van der Waals surface area contributed by atoms with Gasteiger partial charge in [-0.2, -0.15) is 4.98 Å². The molecular weight excluding hydrogens is 493 g/mol. The molecule has 4 N–H and O–H groups in total. The number of nitrogens with zero attached hydrogens (tertiary/aromatic N) is 1. The number of ether oxygens (including phenoxy) is 1. The molecular formula is C21H16Cl3N5O4. The van der Waals surface area contributed by atoms with Crippen LogP contribution in [0.15, 0.2) is 41.2 Å². The summed E-state index contributed by atoms with van der Waals surface area (Å²) in [6.07, 6.45) is -0.233. The number of carbonyl (C=O) groups excluding carboxylic acids is 2. The molecule has 2 heterocycles. The summed E-state index contributed by atoms with van der Waals surface area (Å²) < 4.78 is 5.23. The van der Waals surface area contributed by atoms with Crippen molar-refractivity contribution in [2.45, 2.75) is 12.3 Å². The van der Waals surface area contributed by atoms with Crippen LogP contribution in [0.3, 0.4) is 0 Å². The molecule has 0 bridgehead atoms. The molecule has 0 fully saturated rings. The number of carbonyl (C=O) groups is 2. The molecule has 0 aliphatic carbocycles. The molecule has 1 aromatic heterocycles. The second-order valence-corrected chi connectivity index (χ2v) is 8.41. The first-order valence-electron chi connectivity index (χ1n) is 9.55. The zero-order valence-corrected chi connectivity index (χ0v) is 19.2. The molecule has 2 amide bonds. The van der Waals surface area contributed by atoms with Crippen molar-refractivity contribution in [2.24, 2.45) is 0 Å². The third-order valence-electron chi connectivity index (χ3n) is 4.81. The number of nitrogens with one attached hydrogen (secondary N) is 4. The van der Waals surface area contributed by atoms with E-state index in [-0.39, 0.29) is 23.8 Å². The largest absolute Gasteiger partial charge is 0.495 e. The molecule has 170 valence electrons. The van der Waals surface area contributed by atoms with Crippen molar-refractivity contribution in [3.05, 3.63) is 67.4 Å². The van der Waals surface area contributed by atoms with Crippen LogP contribution in [0.5, 0.6) is 5.75 Å². The quantitative estimate of drug-likeness (QED) is 0.401. The van der Waals surface area contributed by atoms with Gasteiger partial charge in [0, 0.05) is 27.2 Å². The van der Waals surface area contributed by atoms with Crippen molar-refractivity contribution in [3.63, 3.8) is 0 Å². The van der Waals surface area contributed by atoms with E-state index in [0.717, 1.165) is 0 Å². The lowest BCUT2D eigenvalue weighted by atomic mass is 9.92. The van der Waals surface area contributed by atoms with E-state index in [0.29, 0.717) is 32.2 Å². The number of aromatic nitrogens is 2. The van der Waals surface area contributed by atoms with Gasteiger partial charge in [-0.05, 0) is 36.4 Å². The average molecular weight is 509 g/mol. The molecule has 9 nitrogen and oxygen atoms in total. The highest BCUT2D eigenvalue weighted by molar-refractivity contribution is 6.35. The van der Waals surface area contributed by atoms with Gasteiger partial charge in [-0.3, -0.25) is 19.4 Å². The molecule has 2 aromatic carbocycles. The van der Waals surface area contributed by atoms with Crippen molar-refractivity contribution in [2.75, 3.05) is 23.1 Å². The number of fused-ring (bicyclic) bond motifs is 1. The Morgan fingerprint density at radius 3 is 2.52 bits per heavy atom. The van der Waals surface area contributed by atoms with Gasteiger partial charge in [0.25, 0.3) is 5.56 Å². The first-order chi connectivity index (χ1) is 15.7. The number of amides is 2. The standard InChI is InChI=1S/C21H16Cl3N5O4/c1-33-15-3-2-9(22)7-14(15)26-19(31)13-8-16(30)27-18-17(13)20(32)29-21(28-18)25-12-5-10(23)4-11(24)6-12/h2-7,13H,8H2,1H3,(H,26,31)(H3,25,27,28,29,30,32)/t13-/m1/s1. The molecule has 0 unspecified atom stereocenters. The Morgan fingerprint density at radius 1 is 1.09 bits per heavy atom. The Kier molecular flexibility index (Phi) is 6.46. The second-order valence-electron chi connectivity index (χ2n) is 7.10. The lowest BCUT2D eigenvalue weighted by Crippen LogP contribution is -2.36. The van der Waals surface area contributed by atoms with Crippen LogP contribution in [0.1, 0.15) is 17.9 Å². The Balaban J connectivity index is 1.66. The third kappa shape index (κ3) is 5.05. The number of methoxy groups -OCH3 is 1. The summed E-state index contributed by atoms with van der Waals surface area (Å²) in [5.41, 5.74) is 0.222. The molecule has 0 saturated heterocycles. The van der Waals surface area contributed by atoms with Crippen LogP contribution >= 0.6 is 34.8 Å². The number of benzene rings is 2. The van der Waals surface area contributed by atoms with Gasteiger partial charge in [0.15, 0.2) is 0 Å². The minimum atomic E-state index is -1.08. The van der Waals surface area contributed by atoms with Gasteiger partial charge < -0.3 is 20.7 Å². The van der Waals surface area contributed by atoms with E-state index in [2.05, 4.69) is 25.9 Å². The molecule has 0 radical (unpaired) electrons. The first kappa shape index (κ1) is 22.9. The van der Waals surface area contributed by atoms with Crippen molar-refractivity contribution in [3.8, 4) is 5.75 Å². The summed E-state index contributed by atoms with van der Waals surface area (Å²) in [7, 11) is 1.44. The molecule has 0 saturated carbocycles. The Bertz CT molecular complexity index is 1310. The zero-order valence-electron chi connectivity index (χ0n) is 17.0. The lowest BCUT2D eigenvalue weighted by molar-refractivity contribution is -0.123. The number of H-pyrrole nitrogens is 1. The summed E-state index contributed by atoms with van der Waals surface area (Å²) in [5.74, 6) is -1.74. The van der Waals surface area contributed by atoms with Crippen molar-refractivity contribution >= 4 is 69.8 Å². The number of halogens is 3. The van der Waals surface area contributed by atoms with Crippen LogP contribution < -0.4 is 26.2 Å². The van der Waals surface area contributed by atoms with E-state index in [1.807, 2.05) is 0 Å². The lowest BCUT2D eigenvalue weighted by Gasteiger charge is -2.24. The topological polar surface area (TPSA) is 125 Å². The van der Waals surface area contributed by atoms with E-state index < -0.39 is 23.3 Å². The molecule has 1 aliphatic heterocycles. The average Bonchev–Trinajstić information content (AvgIpc) is 2.72. The number of hydrogen-bond acceptors (Lipinski definition) is 6. The highest BCUT2D eigenvalue weighted by atomic mass is 35.5. The maximum absolute atomic E-state index is 13.0. The summed E-state index contributed by atoms with van der Waals surface area (Å²) in [5, 5.41) is 9.24. The Morgan fingerprint density at radius 2 is 1.82 bits per heavy atom. The zero-order chi connectivity index (χ0) is 23.7. The van der Waals surface area contributed by atoms with Gasteiger partial charge >= 0.3 is 0 Å². The van der Waals surface area contributed by atoms with E-state index in [1.54, 1.807) is 30.3 Å². The molecule has 1 atom stereocenters. The SMILES string of the molecule is COc1ccc(Cl)cc1NC(=O)[C@@H]1CC(=O)Nc2nc(Nc3cc(Cl)cc(Cl)c3)[nH]c(=O)c21. The monoisotopic (exact) mass is 507 g/mol. The fourth-order valence-electron chi connectivity index (χ4n) is 3.41. The molecule has 0 spiro atoms. The van der Waals surface area contributed by atoms with Gasteiger partial charge in [0.05, 0.1) is 24.3 Å². The highest BCUT2D eigenvalue weighted by Crippen LogP contribution is 2.33. The van der Waals surface area contributed by atoms with Gasteiger partial charge in [-0.15, -0.1) is 0 Å². The number of anilines is 4. The smallest absolute Gasteiger partial charge is 0.258 e. The van der Waals surface area contributed by atoms with Crippen LogP contribution in [0, 0.1) is 0 Å². The third-order valence-corrected chi connectivity index (χ3v) is 5.48. The van der Waals surface area contributed by atoms with E-state index in [9.17, 15) is 14.4 Å². The normalized spacial score (nSPS) is 14.8. The second kappa shape index (κ2) is 9.30. The molecule has 33 heavy (non-hydrogen) atoms. The highest BCUT2D eigenvalue weighted by Gasteiger charge is 2.35. The predicted molar refractivity (Wildman–Crippen MR) is 127 cm³/mol. The summed E-state index contributed by atoms with van der Waals surface area (Å²) in [4.78, 5) is 45.1. The number of hydrogen-bond donors (Lipinski definition) is 4. The minimum Gasteiger partial charge on any atom is -0.495 e. The van der Waals surface area contributed by atoms with Gasteiger partial charge in [-0.25, -0.2) is 0 Å². The summed E-state index contributed by atoms with van der Waals surface area (Å²) in [6.45, 7) is 0. The van der Waals surface area contributed by atoms with Gasteiger partial charge in [-0.1, -0.05) is 34.8 Å². The predicted octanol–water partition coefficient (Wildman–Crippen LogP) is 4.55. The molecule has 3 aromatic rings. The van der Waals surface area contributed by atoms with Crippen LogP contribution in [0.4, 0.5) is 23.1 Å². The summed E-state index contributed by atoms with van der Waals surface area (Å²) in [6, 6.07) is 9.42. The van der Waals surface area contributed by atoms with Crippen LogP contribution in [0.2, 0.25) is 15.1 Å². The Labute approximate surface area is 202 Å². The van der Waals surface area contributed by atoms with E-state index in [4.69, 9.17) is 39.5 Å². The van der Waals surface area contributed by atoms with Gasteiger partial charge in [0.1, 0.15) is 11.6 Å². The van der Waals surface area contributed by atoms with E-state index >= 15 is 0 Å². The van der Waals surface area contributed by atoms with E-state index in [1.165, 1.54) is 13.2 Å². The number of aromatic amines is 1. The van der Waals surface area contributed by atoms with Crippen molar-refractivity contribution in [1.29, 1.82) is 0 Å². The number of rotatable bonds is 5. The molecule has 12 heteroatoms. The maximum Gasteiger partial charge on any atom is 0.258 e. The molecule has 1 aliphatic rings. The van der Waals surface area contributed by atoms with Gasteiger partial charge in [0.2, 0.25) is 17.8 Å². The van der Waals surface area contributed by atoms with Crippen LogP contribution in [0.25, 0.3) is 0 Å². The fraction of sp³-hybridized carbons (Fsp3) is 0.143.